The summed E-state index contributed by atoms with van der Waals surface area (Å²) in [5.74, 6) is -1.54. The average Bonchev–Trinajstić information content (AvgIpc) is 2.89. The second kappa shape index (κ2) is 5.40. The van der Waals surface area contributed by atoms with Crippen molar-refractivity contribution >= 4 is 11.9 Å². The van der Waals surface area contributed by atoms with Crippen molar-refractivity contribution in [3.05, 3.63) is 23.3 Å². The monoisotopic (exact) mass is 279 g/mol. The molecule has 1 heterocycles. The highest BCUT2D eigenvalue weighted by Gasteiger charge is 2.35. The number of carbonyl (C=O) groups is 2. The molecule has 1 aliphatic heterocycles. The van der Waals surface area contributed by atoms with Crippen LogP contribution < -0.4 is 4.74 Å². The predicted molar refractivity (Wildman–Crippen MR) is 71.1 cm³/mol. The Hall–Kier alpha value is -2.24. The van der Waals surface area contributed by atoms with Gasteiger partial charge in [-0.15, -0.1) is 0 Å². The smallest absolute Gasteiger partial charge is 0.326 e. The van der Waals surface area contributed by atoms with E-state index in [1.165, 1.54) is 18.1 Å². The Balaban J connectivity index is 2.38. The van der Waals surface area contributed by atoms with E-state index in [9.17, 15) is 14.7 Å². The molecule has 0 aliphatic carbocycles. The van der Waals surface area contributed by atoms with E-state index in [-0.39, 0.29) is 17.1 Å². The van der Waals surface area contributed by atoms with Crippen molar-refractivity contribution in [1.29, 1.82) is 0 Å². The van der Waals surface area contributed by atoms with Gasteiger partial charge in [-0.2, -0.15) is 0 Å². The lowest BCUT2D eigenvalue weighted by molar-refractivity contribution is -0.141. The molecule has 1 atom stereocenters. The number of amides is 1. The highest BCUT2D eigenvalue weighted by atomic mass is 16.5. The number of benzene rings is 1. The van der Waals surface area contributed by atoms with Gasteiger partial charge >= 0.3 is 5.97 Å². The molecule has 108 valence electrons. The zero-order chi connectivity index (χ0) is 14.9. The number of hydrogen-bond donors (Lipinski definition) is 2. The normalized spacial score (nSPS) is 18.1. The first-order valence-corrected chi connectivity index (χ1v) is 6.37. The number of aliphatic carboxylic acids is 1. The highest BCUT2D eigenvalue weighted by molar-refractivity contribution is 6.00. The zero-order valence-electron chi connectivity index (χ0n) is 11.4. The van der Waals surface area contributed by atoms with E-state index in [1.54, 1.807) is 13.0 Å². The van der Waals surface area contributed by atoms with Gasteiger partial charge < -0.3 is 19.8 Å². The maximum atomic E-state index is 12.5. The Morgan fingerprint density at radius 1 is 1.40 bits per heavy atom. The summed E-state index contributed by atoms with van der Waals surface area (Å²) in [5, 5.41) is 19.2. The first kappa shape index (κ1) is 14.2. The summed E-state index contributed by atoms with van der Waals surface area (Å²) in [5.41, 5.74) is 0.837. The molecule has 20 heavy (non-hydrogen) atoms. The summed E-state index contributed by atoms with van der Waals surface area (Å²) in [6.45, 7) is 2.16. The maximum Gasteiger partial charge on any atom is 0.326 e. The predicted octanol–water partition coefficient (Wildman–Crippen LogP) is 1.40. The first-order valence-electron chi connectivity index (χ1n) is 6.37. The fourth-order valence-corrected chi connectivity index (χ4v) is 2.49. The van der Waals surface area contributed by atoms with E-state index in [1.807, 2.05) is 0 Å². The Morgan fingerprint density at radius 3 is 2.70 bits per heavy atom. The van der Waals surface area contributed by atoms with Crippen molar-refractivity contribution in [2.75, 3.05) is 13.7 Å². The number of aromatic hydroxyl groups is 1. The summed E-state index contributed by atoms with van der Waals surface area (Å²) in [4.78, 5) is 24.9. The van der Waals surface area contributed by atoms with Crippen molar-refractivity contribution < 1.29 is 24.5 Å². The number of likely N-dealkylation sites (tertiary alicyclic amines) is 1. The third-order valence-electron chi connectivity index (χ3n) is 3.47. The standard InChI is InChI=1S/C14H17NO5/c1-8-6-9(12(16)11(7-8)20-2)13(17)15-5-3-4-10(15)14(18)19/h6-7,10,16H,3-5H2,1-2H3,(H,18,19). The Morgan fingerprint density at radius 2 is 2.10 bits per heavy atom. The van der Waals surface area contributed by atoms with Crippen LogP contribution in [0.25, 0.3) is 0 Å². The van der Waals surface area contributed by atoms with Crippen LogP contribution in [0.4, 0.5) is 0 Å². The molecule has 0 saturated carbocycles. The molecule has 6 nitrogen and oxygen atoms in total. The number of nitrogens with zero attached hydrogens (tertiary/aromatic N) is 1. The van der Waals surface area contributed by atoms with Crippen molar-refractivity contribution in [2.45, 2.75) is 25.8 Å². The largest absolute Gasteiger partial charge is 0.504 e. The number of methoxy groups -OCH3 is 1. The van der Waals surface area contributed by atoms with Crippen molar-refractivity contribution in [3.63, 3.8) is 0 Å². The highest BCUT2D eigenvalue weighted by Crippen LogP contribution is 2.33. The van der Waals surface area contributed by atoms with Crippen LogP contribution in [0.2, 0.25) is 0 Å². The topological polar surface area (TPSA) is 87.1 Å². The molecular formula is C14H17NO5. The van der Waals surface area contributed by atoms with Gasteiger partial charge in [-0.1, -0.05) is 0 Å². The van der Waals surface area contributed by atoms with Gasteiger partial charge in [0.1, 0.15) is 6.04 Å². The van der Waals surface area contributed by atoms with E-state index in [0.29, 0.717) is 19.4 Å². The third-order valence-corrected chi connectivity index (χ3v) is 3.47. The second-order valence-corrected chi connectivity index (χ2v) is 4.86. The molecule has 1 aromatic rings. The number of carboxylic acid groups (broad SMARTS) is 1. The molecule has 1 unspecified atom stereocenters. The number of carboxylic acids is 1. The van der Waals surface area contributed by atoms with Crippen LogP contribution in [-0.4, -0.2) is 46.7 Å². The minimum absolute atomic E-state index is 0.0787. The van der Waals surface area contributed by atoms with Gasteiger partial charge in [0.05, 0.1) is 12.7 Å². The van der Waals surface area contributed by atoms with Crippen LogP contribution in [0.3, 0.4) is 0 Å². The molecule has 1 aliphatic rings. The number of phenols is 1. The van der Waals surface area contributed by atoms with Gasteiger partial charge in [0.2, 0.25) is 0 Å². The molecule has 0 spiro atoms. The lowest BCUT2D eigenvalue weighted by Crippen LogP contribution is -2.40. The number of hydrogen-bond acceptors (Lipinski definition) is 4. The molecule has 2 N–H and O–H groups in total. The quantitative estimate of drug-likeness (QED) is 0.873. The number of aryl methyl sites for hydroxylation is 1. The molecule has 0 aromatic heterocycles. The lowest BCUT2D eigenvalue weighted by Gasteiger charge is -2.22. The van der Waals surface area contributed by atoms with E-state index >= 15 is 0 Å². The summed E-state index contributed by atoms with van der Waals surface area (Å²) in [6.07, 6.45) is 1.08. The van der Waals surface area contributed by atoms with Gasteiger partial charge in [-0.05, 0) is 37.5 Å². The molecule has 2 rings (SSSR count). The third kappa shape index (κ3) is 2.41. The fourth-order valence-electron chi connectivity index (χ4n) is 2.49. The van der Waals surface area contributed by atoms with E-state index in [0.717, 1.165) is 5.56 Å². The minimum atomic E-state index is -1.02. The zero-order valence-corrected chi connectivity index (χ0v) is 11.4. The van der Waals surface area contributed by atoms with Crippen LogP contribution in [0.15, 0.2) is 12.1 Å². The molecule has 0 bridgehead atoms. The van der Waals surface area contributed by atoms with Gasteiger partial charge in [-0.3, -0.25) is 4.79 Å². The van der Waals surface area contributed by atoms with Gasteiger partial charge in [0, 0.05) is 6.54 Å². The summed E-state index contributed by atoms with van der Waals surface area (Å²) in [6, 6.07) is 2.33. The summed E-state index contributed by atoms with van der Waals surface area (Å²) in [7, 11) is 1.40. The molecule has 1 fully saturated rings. The van der Waals surface area contributed by atoms with Gasteiger partial charge in [0.25, 0.3) is 5.91 Å². The first-order chi connectivity index (χ1) is 9.45. The molecule has 6 heteroatoms. The average molecular weight is 279 g/mol. The summed E-state index contributed by atoms with van der Waals surface area (Å²) >= 11 is 0. The number of phenolic OH excluding ortho intramolecular Hbond substituents is 1. The van der Waals surface area contributed by atoms with Crippen molar-refractivity contribution in [1.82, 2.24) is 4.90 Å². The van der Waals surface area contributed by atoms with Crippen LogP contribution >= 0.6 is 0 Å². The van der Waals surface area contributed by atoms with E-state index in [4.69, 9.17) is 9.84 Å². The van der Waals surface area contributed by atoms with Gasteiger partial charge in [-0.25, -0.2) is 4.79 Å². The molecule has 0 radical (unpaired) electrons. The van der Waals surface area contributed by atoms with E-state index < -0.39 is 17.9 Å². The maximum absolute atomic E-state index is 12.5. The summed E-state index contributed by atoms with van der Waals surface area (Å²) < 4.78 is 5.02. The van der Waals surface area contributed by atoms with Crippen LogP contribution in [0.1, 0.15) is 28.8 Å². The van der Waals surface area contributed by atoms with Crippen LogP contribution in [0.5, 0.6) is 11.5 Å². The number of rotatable bonds is 3. The molecule has 1 aromatic carbocycles. The Labute approximate surface area is 116 Å². The molecule has 1 saturated heterocycles. The minimum Gasteiger partial charge on any atom is -0.504 e. The molecular weight excluding hydrogens is 262 g/mol. The van der Waals surface area contributed by atoms with Crippen LogP contribution in [-0.2, 0) is 4.79 Å². The van der Waals surface area contributed by atoms with E-state index in [2.05, 4.69) is 0 Å². The number of carbonyl (C=O) groups excluding carboxylic acids is 1. The Bertz CT molecular complexity index is 555. The van der Waals surface area contributed by atoms with Crippen molar-refractivity contribution in [2.24, 2.45) is 0 Å². The number of ether oxygens (including phenoxy) is 1. The fraction of sp³-hybridized carbons (Fsp3) is 0.429. The second-order valence-electron chi connectivity index (χ2n) is 4.86. The SMILES string of the molecule is COc1cc(C)cc(C(=O)N2CCCC2C(=O)O)c1O. The Kier molecular flexibility index (Phi) is 3.83. The van der Waals surface area contributed by atoms with Crippen LogP contribution in [0, 0.1) is 6.92 Å². The lowest BCUT2D eigenvalue weighted by atomic mass is 10.1. The van der Waals surface area contributed by atoms with Gasteiger partial charge in [0.15, 0.2) is 11.5 Å². The van der Waals surface area contributed by atoms with Crippen molar-refractivity contribution in [3.8, 4) is 11.5 Å². The molecule has 1 amide bonds.